The van der Waals surface area contributed by atoms with Gasteiger partial charge in [-0.1, -0.05) is 30.3 Å². The summed E-state index contributed by atoms with van der Waals surface area (Å²) < 4.78 is 2.70. The molecular formula is C13H17N3S. The zero-order valence-electron chi connectivity index (χ0n) is 10.2. The average molecular weight is 247 g/mol. The van der Waals surface area contributed by atoms with Crippen LogP contribution in [0.25, 0.3) is 0 Å². The summed E-state index contributed by atoms with van der Waals surface area (Å²) in [6, 6.07) is 10.5. The van der Waals surface area contributed by atoms with Gasteiger partial charge in [-0.05, 0) is 44.5 Å². The predicted molar refractivity (Wildman–Crippen MR) is 71.5 cm³/mol. The lowest BCUT2D eigenvalue weighted by molar-refractivity contribution is 0.323. The molecule has 0 saturated carbocycles. The molecule has 0 bridgehead atoms. The van der Waals surface area contributed by atoms with Gasteiger partial charge in [-0.3, -0.25) is 5.10 Å². The maximum Gasteiger partial charge on any atom is 0.195 e. The molecule has 2 aromatic rings. The third kappa shape index (κ3) is 2.82. The highest BCUT2D eigenvalue weighted by Gasteiger charge is 2.20. The van der Waals surface area contributed by atoms with E-state index in [1.165, 1.54) is 5.56 Å². The zero-order valence-corrected chi connectivity index (χ0v) is 11.0. The number of nitrogens with zero attached hydrogens (tertiary/aromatic N) is 2. The standard InChI is InChI=1S/C13H17N3S/c1-13(2,16-10-14-15-12(16)17)9-8-11-6-4-3-5-7-11/h3-7,10H,8-9H2,1-2H3,(H,15,17). The molecular weight excluding hydrogens is 230 g/mol. The second-order valence-electron chi connectivity index (χ2n) is 4.83. The Balaban J connectivity index is 2.09. The lowest BCUT2D eigenvalue weighted by Gasteiger charge is -2.25. The van der Waals surface area contributed by atoms with Gasteiger partial charge in [0.25, 0.3) is 0 Å². The summed E-state index contributed by atoms with van der Waals surface area (Å²) in [5, 5.41) is 6.78. The summed E-state index contributed by atoms with van der Waals surface area (Å²) in [5.41, 5.74) is 1.34. The van der Waals surface area contributed by atoms with E-state index in [1.54, 1.807) is 6.33 Å². The molecule has 0 amide bonds. The van der Waals surface area contributed by atoms with Gasteiger partial charge in [0.05, 0.1) is 0 Å². The summed E-state index contributed by atoms with van der Waals surface area (Å²) >= 11 is 5.21. The Morgan fingerprint density at radius 1 is 1.29 bits per heavy atom. The van der Waals surface area contributed by atoms with Crippen LogP contribution in [0.3, 0.4) is 0 Å². The van der Waals surface area contributed by atoms with Crippen LogP contribution < -0.4 is 0 Å². The van der Waals surface area contributed by atoms with Gasteiger partial charge in [0.15, 0.2) is 4.77 Å². The van der Waals surface area contributed by atoms with Crippen LogP contribution in [0.2, 0.25) is 0 Å². The molecule has 2 rings (SSSR count). The number of nitrogens with one attached hydrogen (secondary N) is 1. The van der Waals surface area contributed by atoms with Crippen molar-refractivity contribution in [2.75, 3.05) is 0 Å². The minimum atomic E-state index is -0.0140. The number of rotatable bonds is 4. The minimum Gasteiger partial charge on any atom is -0.301 e. The highest BCUT2D eigenvalue weighted by Crippen LogP contribution is 2.22. The monoisotopic (exact) mass is 247 g/mol. The quantitative estimate of drug-likeness (QED) is 0.841. The maximum atomic E-state index is 5.21. The molecule has 0 fully saturated rings. The Hall–Kier alpha value is -1.42. The Kier molecular flexibility index (Phi) is 3.43. The summed E-state index contributed by atoms with van der Waals surface area (Å²) in [5.74, 6) is 0. The van der Waals surface area contributed by atoms with Crippen molar-refractivity contribution in [3.63, 3.8) is 0 Å². The molecule has 0 unspecified atom stereocenters. The number of aromatic nitrogens is 3. The van der Waals surface area contributed by atoms with Crippen LogP contribution in [-0.4, -0.2) is 14.8 Å². The van der Waals surface area contributed by atoms with Gasteiger partial charge in [0.2, 0.25) is 0 Å². The van der Waals surface area contributed by atoms with Crippen molar-refractivity contribution in [1.82, 2.24) is 14.8 Å². The van der Waals surface area contributed by atoms with E-state index in [0.717, 1.165) is 12.8 Å². The van der Waals surface area contributed by atoms with Gasteiger partial charge < -0.3 is 4.57 Å². The second kappa shape index (κ2) is 4.84. The molecule has 4 heteroatoms. The van der Waals surface area contributed by atoms with Crippen molar-refractivity contribution in [2.24, 2.45) is 0 Å². The fourth-order valence-electron chi connectivity index (χ4n) is 1.89. The number of aryl methyl sites for hydroxylation is 1. The predicted octanol–water partition coefficient (Wildman–Crippen LogP) is 3.31. The molecule has 0 radical (unpaired) electrons. The number of hydrogen-bond donors (Lipinski definition) is 1. The van der Waals surface area contributed by atoms with Crippen LogP contribution in [0.4, 0.5) is 0 Å². The first-order valence-corrected chi connectivity index (χ1v) is 6.17. The van der Waals surface area contributed by atoms with Gasteiger partial charge in [-0.25, -0.2) is 0 Å². The van der Waals surface area contributed by atoms with Gasteiger partial charge in [0, 0.05) is 5.54 Å². The van der Waals surface area contributed by atoms with Crippen LogP contribution in [0, 0.1) is 4.77 Å². The first-order chi connectivity index (χ1) is 8.09. The van der Waals surface area contributed by atoms with Crippen LogP contribution in [0.1, 0.15) is 25.8 Å². The zero-order chi connectivity index (χ0) is 12.3. The second-order valence-corrected chi connectivity index (χ2v) is 5.22. The van der Waals surface area contributed by atoms with Crippen LogP contribution >= 0.6 is 12.2 Å². The van der Waals surface area contributed by atoms with Gasteiger partial charge in [-0.2, -0.15) is 5.10 Å². The number of hydrogen-bond acceptors (Lipinski definition) is 2. The SMILES string of the molecule is CC(C)(CCc1ccccc1)n1cn[nH]c1=S. The Labute approximate surface area is 106 Å². The average Bonchev–Trinajstić information content (AvgIpc) is 2.75. The van der Waals surface area contributed by atoms with Crippen LogP contribution in [-0.2, 0) is 12.0 Å². The van der Waals surface area contributed by atoms with Gasteiger partial charge in [-0.15, -0.1) is 0 Å². The fraction of sp³-hybridized carbons (Fsp3) is 0.385. The van der Waals surface area contributed by atoms with Crippen molar-refractivity contribution in [1.29, 1.82) is 0 Å². The molecule has 0 aliphatic heterocycles. The van der Waals surface area contributed by atoms with Crippen molar-refractivity contribution >= 4 is 12.2 Å². The molecule has 0 aliphatic carbocycles. The van der Waals surface area contributed by atoms with E-state index in [1.807, 2.05) is 10.6 Å². The molecule has 1 N–H and O–H groups in total. The maximum absolute atomic E-state index is 5.21. The Bertz CT molecular complexity index is 525. The first-order valence-electron chi connectivity index (χ1n) is 5.76. The van der Waals surface area contributed by atoms with E-state index in [-0.39, 0.29) is 5.54 Å². The molecule has 0 aliphatic rings. The van der Waals surface area contributed by atoms with Crippen molar-refractivity contribution < 1.29 is 0 Å². The summed E-state index contributed by atoms with van der Waals surface area (Å²) in [7, 11) is 0. The fourth-order valence-corrected chi connectivity index (χ4v) is 2.24. The van der Waals surface area contributed by atoms with Crippen molar-refractivity contribution in [3.8, 4) is 0 Å². The highest BCUT2D eigenvalue weighted by atomic mass is 32.1. The van der Waals surface area contributed by atoms with E-state index in [9.17, 15) is 0 Å². The summed E-state index contributed by atoms with van der Waals surface area (Å²) in [6.45, 7) is 4.36. The minimum absolute atomic E-state index is 0.0140. The molecule has 1 aromatic heterocycles. The molecule has 0 saturated heterocycles. The number of benzene rings is 1. The van der Waals surface area contributed by atoms with E-state index in [2.05, 4.69) is 48.3 Å². The summed E-state index contributed by atoms with van der Waals surface area (Å²) in [6.07, 6.45) is 3.85. The third-order valence-corrected chi connectivity index (χ3v) is 3.36. The van der Waals surface area contributed by atoms with Crippen molar-refractivity contribution in [3.05, 3.63) is 47.0 Å². The molecule has 3 nitrogen and oxygen atoms in total. The number of aromatic amines is 1. The third-order valence-electron chi connectivity index (χ3n) is 3.07. The molecule has 17 heavy (non-hydrogen) atoms. The first kappa shape index (κ1) is 12.0. The lowest BCUT2D eigenvalue weighted by atomic mass is 9.95. The van der Waals surface area contributed by atoms with E-state index in [4.69, 9.17) is 12.2 Å². The molecule has 0 atom stereocenters. The molecule has 1 aromatic carbocycles. The molecule has 90 valence electrons. The van der Waals surface area contributed by atoms with Crippen LogP contribution in [0.15, 0.2) is 36.7 Å². The van der Waals surface area contributed by atoms with E-state index >= 15 is 0 Å². The number of H-pyrrole nitrogens is 1. The summed E-state index contributed by atoms with van der Waals surface area (Å²) in [4.78, 5) is 0. The van der Waals surface area contributed by atoms with Gasteiger partial charge in [0.1, 0.15) is 6.33 Å². The smallest absolute Gasteiger partial charge is 0.195 e. The van der Waals surface area contributed by atoms with Crippen LogP contribution in [0.5, 0.6) is 0 Å². The Morgan fingerprint density at radius 2 is 2.00 bits per heavy atom. The van der Waals surface area contributed by atoms with E-state index < -0.39 is 0 Å². The Morgan fingerprint density at radius 3 is 2.59 bits per heavy atom. The lowest BCUT2D eigenvalue weighted by Crippen LogP contribution is -2.26. The van der Waals surface area contributed by atoms with Crippen molar-refractivity contribution in [2.45, 2.75) is 32.2 Å². The van der Waals surface area contributed by atoms with E-state index in [0.29, 0.717) is 4.77 Å². The molecule has 0 spiro atoms. The van der Waals surface area contributed by atoms with Gasteiger partial charge >= 0.3 is 0 Å². The molecule has 1 heterocycles. The highest BCUT2D eigenvalue weighted by molar-refractivity contribution is 7.71. The topological polar surface area (TPSA) is 33.6 Å². The normalized spacial score (nSPS) is 11.6. The largest absolute Gasteiger partial charge is 0.301 e.